The number of ether oxygens (including phenoxy) is 1. The molecule has 0 bridgehead atoms. The maximum absolute atomic E-state index is 6.36. The average molecular weight is 405 g/mol. The molecule has 1 aliphatic heterocycles. The Morgan fingerprint density at radius 2 is 1.32 bits per heavy atom. The van der Waals surface area contributed by atoms with Crippen molar-refractivity contribution >= 4 is 6.08 Å². The fourth-order valence-electron chi connectivity index (χ4n) is 4.10. The highest BCUT2D eigenvalue weighted by molar-refractivity contribution is 5.56. The molecule has 31 heavy (non-hydrogen) atoms. The summed E-state index contributed by atoms with van der Waals surface area (Å²) in [5.41, 5.74) is 4.64. The predicted molar refractivity (Wildman–Crippen MR) is 124 cm³/mol. The molecule has 0 saturated heterocycles. The fourth-order valence-corrected chi connectivity index (χ4v) is 4.10. The molecule has 0 radical (unpaired) electrons. The monoisotopic (exact) mass is 404 g/mol. The third-order valence-electron chi connectivity index (χ3n) is 5.51. The SMILES string of the molecule is C(=C1Oc2ccccc2C1N(Cc1ccccc1)Cc1ccccc1)c1ccccn1. The summed E-state index contributed by atoms with van der Waals surface area (Å²) < 4.78 is 6.36. The summed E-state index contributed by atoms with van der Waals surface area (Å²) in [6.07, 6.45) is 3.88. The molecule has 152 valence electrons. The number of hydrogen-bond donors (Lipinski definition) is 0. The van der Waals surface area contributed by atoms with Crippen LogP contribution in [0.1, 0.15) is 28.4 Å². The molecule has 3 aromatic carbocycles. The number of fused-ring (bicyclic) bond motifs is 1. The standard InChI is InChI=1S/C28H24N2O/c1-3-11-22(12-4-1)20-30(21-23-13-5-2-6-14-23)28-25-16-7-8-17-26(25)31-27(28)19-24-15-9-10-18-29-24/h1-19,28H,20-21H2. The lowest BCUT2D eigenvalue weighted by Gasteiger charge is -2.29. The number of rotatable bonds is 6. The zero-order valence-corrected chi connectivity index (χ0v) is 17.3. The third kappa shape index (κ3) is 4.42. The van der Waals surface area contributed by atoms with E-state index in [1.807, 2.05) is 36.5 Å². The van der Waals surface area contributed by atoms with E-state index in [-0.39, 0.29) is 6.04 Å². The molecule has 0 fully saturated rings. The van der Waals surface area contributed by atoms with Gasteiger partial charge in [-0.3, -0.25) is 9.88 Å². The molecule has 0 spiro atoms. The lowest BCUT2D eigenvalue weighted by atomic mass is 10.0. The van der Waals surface area contributed by atoms with Crippen molar-refractivity contribution < 1.29 is 4.74 Å². The maximum Gasteiger partial charge on any atom is 0.132 e. The Morgan fingerprint density at radius 1 is 0.710 bits per heavy atom. The van der Waals surface area contributed by atoms with Crippen LogP contribution in [0.15, 0.2) is 115 Å². The minimum atomic E-state index is 0.0126. The Bertz CT molecular complexity index is 1120. The molecule has 5 rings (SSSR count). The number of aromatic nitrogens is 1. The third-order valence-corrected chi connectivity index (χ3v) is 5.51. The molecule has 0 amide bonds. The molecule has 2 heterocycles. The topological polar surface area (TPSA) is 25.4 Å². The molecule has 4 aromatic rings. The van der Waals surface area contributed by atoms with E-state index in [2.05, 4.69) is 88.8 Å². The summed E-state index contributed by atoms with van der Waals surface area (Å²) in [4.78, 5) is 6.97. The lowest BCUT2D eigenvalue weighted by Crippen LogP contribution is -2.28. The summed E-state index contributed by atoms with van der Waals surface area (Å²) in [6, 6.07) is 35.5. The van der Waals surface area contributed by atoms with Gasteiger partial charge in [0.15, 0.2) is 0 Å². The molecule has 1 aromatic heterocycles. The van der Waals surface area contributed by atoms with Crippen molar-refractivity contribution in [2.45, 2.75) is 19.1 Å². The van der Waals surface area contributed by atoms with Crippen molar-refractivity contribution in [2.24, 2.45) is 0 Å². The second-order valence-electron chi connectivity index (χ2n) is 7.72. The number of para-hydroxylation sites is 1. The van der Waals surface area contributed by atoms with Gasteiger partial charge in [-0.05, 0) is 29.3 Å². The summed E-state index contributed by atoms with van der Waals surface area (Å²) in [5.74, 6) is 1.83. The smallest absolute Gasteiger partial charge is 0.132 e. The Balaban J connectivity index is 1.57. The first-order valence-corrected chi connectivity index (χ1v) is 10.6. The summed E-state index contributed by atoms with van der Waals surface area (Å²) >= 11 is 0. The first-order chi connectivity index (χ1) is 15.4. The Labute approximate surface area is 183 Å². The van der Waals surface area contributed by atoms with Gasteiger partial charge in [-0.15, -0.1) is 0 Å². The van der Waals surface area contributed by atoms with Crippen molar-refractivity contribution in [2.75, 3.05) is 0 Å². The molecular weight excluding hydrogens is 380 g/mol. The Morgan fingerprint density at radius 3 is 1.97 bits per heavy atom. The molecule has 0 N–H and O–H groups in total. The number of benzene rings is 3. The van der Waals surface area contributed by atoms with Crippen molar-refractivity contribution in [3.8, 4) is 5.75 Å². The summed E-state index contributed by atoms with van der Waals surface area (Å²) in [5, 5.41) is 0. The van der Waals surface area contributed by atoms with Gasteiger partial charge in [0.05, 0.1) is 11.7 Å². The van der Waals surface area contributed by atoms with Crippen molar-refractivity contribution in [1.82, 2.24) is 9.88 Å². The van der Waals surface area contributed by atoms with Crippen molar-refractivity contribution in [3.05, 3.63) is 137 Å². The van der Waals surface area contributed by atoms with Gasteiger partial charge in [-0.2, -0.15) is 0 Å². The minimum Gasteiger partial charge on any atom is -0.459 e. The normalized spacial score (nSPS) is 16.3. The fraction of sp³-hybridized carbons (Fsp3) is 0.107. The van der Waals surface area contributed by atoms with E-state index < -0.39 is 0 Å². The molecule has 1 aliphatic rings. The van der Waals surface area contributed by atoms with Crippen LogP contribution >= 0.6 is 0 Å². The number of hydrogen-bond acceptors (Lipinski definition) is 3. The van der Waals surface area contributed by atoms with E-state index in [0.717, 1.165) is 30.3 Å². The van der Waals surface area contributed by atoms with Crippen LogP contribution in [0, 0.1) is 0 Å². The quantitative estimate of drug-likeness (QED) is 0.379. The van der Waals surface area contributed by atoms with Crippen LogP contribution in [0.25, 0.3) is 6.08 Å². The van der Waals surface area contributed by atoms with Gasteiger partial charge >= 0.3 is 0 Å². The van der Waals surface area contributed by atoms with Crippen LogP contribution in [0.4, 0.5) is 0 Å². The first-order valence-electron chi connectivity index (χ1n) is 10.6. The van der Waals surface area contributed by atoms with Gasteiger partial charge < -0.3 is 4.74 Å². The van der Waals surface area contributed by atoms with E-state index in [0.29, 0.717) is 0 Å². The predicted octanol–water partition coefficient (Wildman–Crippen LogP) is 6.26. The van der Waals surface area contributed by atoms with Gasteiger partial charge in [0.2, 0.25) is 0 Å². The van der Waals surface area contributed by atoms with E-state index in [4.69, 9.17) is 4.74 Å². The average Bonchev–Trinajstić information content (AvgIpc) is 3.18. The van der Waals surface area contributed by atoms with Gasteiger partial charge in [0.25, 0.3) is 0 Å². The van der Waals surface area contributed by atoms with Gasteiger partial charge in [-0.1, -0.05) is 84.9 Å². The Kier molecular flexibility index (Phi) is 5.59. The van der Waals surface area contributed by atoms with Crippen molar-refractivity contribution in [3.63, 3.8) is 0 Å². The number of pyridine rings is 1. The van der Waals surface area contributed by atoms with Gasteiger partial charge in [0.1, 0.15) is 11.5 Å². The van der Waals surface area contributed by atoms with E-state index >= 15 is 0 Å². The minimum absolute atomic E-state index is 0.0126. The highest BCUT2D eigenvalue weighted by atomic mass is 16.5. The molecule has 1 atom stereocenters. The highest BCUT2D eigenvalue weighted by Crippen LogP contribution is 2.44. The highest BCUT2D eigenvalue weighted by Gasteiger charge is 2.34. The summed E-state index contributed by atoms with van der Waals surface area (Å²) in [6.45, 7) is 1.63. The molecular formula is C28H24N2O. The zero-order valence-electron chi connectivity index (χ0n) is 17.3. The lowest BCUT2D eigenvalue weighted by molar-refractivity contribution is 0.188. The van der Waals surface area contributed by atoms with Crippen LogP contribution in [0.3, 0.4) is 0 Å². The van der Waals surface area contributed by atoms with Gasteiger partial charge in [0, 0.05) is 30.9 Å². The number of nitrogens with zero attached hydrogens (tertiary/aromatic N) is 2. The second kappa shape index (κ2) is 8.99. The van der Waals surface area contributed by atoms with Crippen LogP contribution in [0.5, 0.6) is 5.75 Å². The second-order valence-corrected chi connectivity index (χ2v) is 7.72. The van der Waals surface area contributed by atoms with E-state index in [1.165, 1.54) is 16.7 Å². The van der Waals surface area contributed by atoms with Crippen LogP contribution in [0.2, 0.25) is 0 Å². The maximum atomic E-state index is 6.36. The van der Waals surface area contributed by atoms with Crippen molar-refractivity contribution in [1.29, 1.82) is 0 Å². The van der Waals surface area contributed by atoms with Crippen LogP contribution in [-0.4, -0.2) is 9.88 Å². The largest absolute Gasteiger partial charge is 0.459 e. The van der Waals surface area contributed by atoms with E-state index in [9.17, 15) is 0 Å². The zero-order chi connectivity index (χ0) is 20.9. The summed E-state index contributed by atoms with van der Waals surface area (Å²) in [7, 11) is 0. The first kappa shape index (κ1) is 19.3. The van der Waals surface area contributed by atoms with Crippen LogP contribution in [-0.2, 0) is 13.1 Å². The molecule has 3 nitrogen and oxygen atoms in total. The molecule has 1 unspecified atom stereocenters. The molecule has 0 aliphatic carbocycles. The molecule has 3 heteroatoms. The molecule has 0 saturated carbocycles. The van der Waals surface area contributed by atoms with Gasteiger partial charge in [-0.25, -0.2) is 0 Å². The van der Waals surface area contributed by atoms with Crippen LogP contribution < -0.4 is 4.74 Å². The Hall–Kier alpha value is -3.69. The van der Waals surface area contributed by atoms with E-state index in [1.54, 1.807) is 0 Å².